The number of hydrogen-bond donors (Lipinski definition) is 3. The molecule has 0 bridgehead atoms. The Morgan fingerprint density at radius 2 is 2.08 bits per heavy atom. The van der Waals surface area contributed by atoms with Crippen LogP contribution >= 0.6 is 0 Å². The number of carbonyl (C=O) groups is 1. The van der Waals surface area contributed by atoms with Crippen molar-refractivity contribution in [3.8, 4) is 0 Å². The number of pyridine rings is 1. The molecule has 3 aromatic rings. The van der Waals surface area contributed by atoms with Gasteiger partial charge < -0.3 is 15.6 Å². The van der Waals surface area contributed by atoms with E-state index in [1.54, 1.807) is 12.3 Å². The summed E-state index contributed by atoms with van der Waals surface area (Å²) >= 11 is 0. The van der Waals surface area contributed by atoms with E-state index in [1.165, 1.54) is 10.9 Å². The van der Waals surface area contributed by atoms with E-state index in [0.29, 0.717) is 18.2 Å². The van der Waals surface area contributed by atoms with Crippen molar-refractivity contribution < 1.29 is 4.79 Å². The number of amides is 1. The van der Waals surface area contributed by atoms with Gasteiger partial charge in [0.05, 0.1) is 0 Å². The zero-order chi connectivity index (χ0) is 17.6. The van der Waals surface area contributed by atoms with Gasteiger partial charge in [0.15, 0.2) is 0 Å². The normalized spacial score (nSPS) is 11.0. The summed E-state index contributed by atoms with van der Waals surface area (Å²) in [5.41, 5.74) is 3.68. The summed E-state index contributed by atoms with van der Waals surface area (Å²) in [5.74, 6) is 0.398. The van der Waals surface area contributed by atoms with Crippen molar-refractivity contribution in [1.29, 1.82) is 0 Å². The second kappa shape index (κ2) is 7.83. The fourth-order valence-corrected chi connectivity index (χ4v) is 2.73. The lowest BCUT2D eigenvalue weighted by Crippen LogP contribution is -2.26. The minimum atomic E-state index is -0.145. The SMILES string of the molecule is CC(C)CNc1ccnc(C(=O)NCCc2c[nH]c3ccccc23)c1. The Morgan fingerprint density at radius 3 is 2.92 bits per heavy atom. The van der Waals surface area contributed by atoms with E-state index in [1.807, 2.05) is 24.4 Å². The largest absolute Gasteiger partial charge is 0.385 e. The molecule has 25 heavy (non-hydrogen) atoms. The Balaban J connectivity index is 1.56. The van der Waals surface area contributed by atoms with Crippen molar-refractivity contribution in [3.05, 3.63) is 60.0 Å². The topological polar surface area (TPSA) is 69.8 Å². The molecule has 0 radical (unpaired) electrons. The second-order valence-electron chi connectivity index (χ2n) is 6.57. The monoisotopic (exact) mass is 336 g/mol. The van der Waals surface area contributed by atoms with E-state index in [4.69, 9.17) is 0 Å². The number of fused-ring (bicyclic) bond motifs is 1. The highest BCUT2D eigenvalue weighted by molar-refractivity contribution is 5.93. The summed E-state index contributed by atoms with van der Waals surface area (Å²) in [6.07, 6.45) is 4.45. The van der Waals surface area contributed by atoms with Crippen LogP contribution in [0.4, 0.5) is 5.69 Å². The lowest BCUT2D eigenvalue weighted by Gasteiger charge is -2.10. The molecule has 0 aliphatic carbocycles. The highest BCUT2D eigenvalue weighted by atomic mass is 16.1. The zero-order valence-electron chi connectivity index (χ0n) is 14.7. The van der Waals surface area contributed by atoms with Crippen LogP contribution < -0.4 is 10.6 Å². The van der Waals surface area contributed by atoms with Gasteiger partial charge in [-0.3, -0.25) is 9.78 Å². The minimum absolute atomic E-state index is 0.145. The maximum Gasteiger partial charge on any atom is 0.269 e. The number of rotatable bonds is 7. The van der Waals surface area contributed by atoms with Gasteiger partial charge in [0, 0.05) is 42.1 Å². The number of benzene rings is 1. The first kappa shape index (κ1) is 17.0. The molecule has 0 aliphatic rings. The molecular weight excluding hydrogens is 312 g/mol. The van der Waals surface area contributed by atoms with Crippen LogP contribution in [-0.2, 0) is 6.42 Å². The molecule has 0 saturated carbocycles. The Hall–Kier alpha value is -2.82. The van der Waals surface area contributed by atoms with Crippen molar-refractivity contribution in [3.63, 3.8) is 0 Å². The predicted molar refractivity (Wildman–Crippen MR) is 102 cm³/mol. The molecule has 1 aromatic carbocycles. The van der Waals surface area contributed by atoms with Crippen molar-refractivity contribution in [2.45, 2.75) is 20.3 Å². The van der Waals surface area contributed by atoms with Crippen molar-refractivity contribution in [2.75, 3.05) is 18.4 Å². The highest BCUT2D eigenvalue weighted by Gasteiger charge is 2.09. The number of aromatic amines is 1. The molecule has 5 heteroatoms. The molecule has 0 atom stereocenters. The third-order valence-electron chi connectivity index (χ3n) is 4.06. The molecule has 0 spiro atoms. The van der Waals surface area contributed by atoms with Gasteiger partial charge in [-0.25, -0.2) is 0 Å². The maximum absolute atomic E-state index is 12.3. The number of anilines is 1. The Labute approximate surface area is 147 Å². The van der Waals surface area contributed by atoms with Gasteiger partial charge in [0.25, 0.3) is 5.91 Å². The maximum atomic E-state index is 12.3. The average Bonchev–Trinajstić information content (AvgIpc) is 3.03. The molecule has 0 aliphatic heterocycles. The number of hydrogen-bond acceptors (Lipinski definition) is 3. The van der Waals surface area contributed by atoms with Crippen LogP contribution in [0.3, 0.4) is 0 Å². The van der Waals surface area contributed by atoms with Gasteiger partial charge >= 0.3 is 0 Å². The molecule has 0 saturated heterocycles. The minimum Gasteiger partial charge on any atom is -0.385 e. The summed E-state index contributed by atoms with van der Waals surface area (Å²) in [5, 5.41) is 7.47. The molecule has 0 fully saturated rings. The summed E-state index contributed by atoms with van der Waals surface area (Å²) in [4.78, 5) is 19.7. The number of para-hydroxylation sites is 1. The Kier molecular flexibility index (Phi) is 5.33. The standard InChI is InChI=1S/C20H24N4O/c1-14(2)12-23-16-8-10-21-19(11-16)20(25)22-9-7-15-13-24-18-6-4-3-5-17(15)18/h3-6,8,10-11,13-14,24H,7,9,12H2,1-2H3,(H,21,23)(H,22,25). The third kappa shape index (κ3) is 4.38. The van der Waals surface area contributed by atoms with Crippen LogP contribution in [0.15, 0.2) is 48.8 Å². The van der Waals surface area contributed by atoms with Gasteiger partial charge in [-0.15, -0.1) is 0 Å². The van der Waals surface area contributed by atoms with Crippen molar-refractivity contribution in [2.24, 2.45) is 5.92 Å². The first-order chi connectivity index (χ1) is 12.1. The second-order valence-corrected chi connectivity index (χ2v) is 6.57. The lowest BCUT2D eigenvalue weighted by atomic mass is 10.1. The van der Waals surface area contributed by atoms with E-state index in [9.17, 15) is 4.79 Å². The molecule has 5 nitrogen and oxygen atoms in total. The first-order valence-corrected chi connectivity index (χ1v) is 8.66. The lowest BCUT2D eigenvalue weighted by molar-refractivity contribution is 0.0949. The van der Waals surface area contributed by atoms with E-state index in [2.05, 4.69) is 46.6 Å². The van der Waals surface area contributed by atoms with E-state index in [-0.39, 0.29) is 5.91 Å². The summed E-state index contributed by atoms with van der Waals surface area (Å²) in [7, 11) is 0. The fraction of sp³-hybridized carbons (Fsp3) is 0.300. The number of nitrogens with one attached hydrogen (secondary N) is 3. The Bertz CT molecular complexity index is 854. The van der Waals surface area contributed by atoms with Crippen molar-refractivity contribution in [1.82, 2.24) is 15.3 Å². The number of aromatic nitrogens is 2. The predicted octanol–water partition coefficient (Wildman–Crippen LogP) is 3.60. The van der Waals surface area contributed by atoms with Crippen LogP contribution in [0.1, 0.15) is 29.9 Å². The molecule has 0 unspecified atom stereocenters. The summed E-state index contributed by atoms with van der Waals surface area (Å²) in [6, 6.07) is 11.9. The summed E-state index contributed by atoms with van der Waals surface area (Å²) in [6.45, 7) is 5.73. The van der Waals surface area contributed by atoms with Crippen LogP contribution in [0.5, 0.6) is 0 Å². The molecule has 1 amide bonds. The van der Waals surface area contributed by atoms with Crippen LogP contribution in [0.25, 0.3) is 10.9 Å². The quantitative estimate of drug-likeness (QED) is 0.617. The van der Waals surface area contributed by atoms with Gasteiger partial charge in [-0.05, 0) is 36.1 Å². The fourth-order valence-electron chi connectivity index (χ4n) is 2.73. The van der Waals surface area contributed by atoms with E-state index < -0.39 is 0 Å². The third-order valence-corrected chi connectivity index (χ3v) is 4.06. The average molecular weight is 336 g/mol. The van der Waals surface area contributed by atoms with Crippen LogP contribution in [0, 0.1) is 5.92 Å². The van der Waals surface area contributed by atoms with Gasteiger partial charge in [-0.2, -0.15) is 0 Å². The first-order valence-electron chi connectivity index (χ1n) is 8.66. The smallest absolute Gasteiger partial charge is 0.269 e. The number of carbonyl (C=O) groups excluding carboxylic acids is 1. The van der Waals surface area contributed by atoms with Gasteiger partial charge in [0.2, 0.25) is 0 Å². The zero-order valence-corrected chi connectivity index (χ0v) is 14.7. The van der Waals surface area contributed by atoms with Gasteiger partial charge in [-0.1, -0.05) is 32.0 Å². The molecule has 3 rings (SSSR count). The van der Waals surface area contributed by atoms with Crippen molar-refractivity contribution >= 4 is 22.5 Å². The molecular formula is C20H24N4O. The Morgan fingerprint density at radius 1 is 1.24 bits per heavy atom. The highest BCUT2D eigenvalue weighted by Crippen LogP contribution is 2.17. The molecule has 2 aromatic heterocycles. The number of H-pyrrole nitrogens is 1. The molecule has 3 N–H and O–H groups in total. The van der Waals surface area contributed by atoms with Crippen LogP contribution in [0.2, 0.25) is 0 Å². The summed E-state index contributed by atoms with van der Waals surface area (Å²) < 4.78 is 0. The van der Waals surface area contributed by atoms with Gasteiger partial charge in [0.1, 0.15) is 5.69 Å². The van der Waals surface area contributed by atoms with E-state index >= 15 is 0 Å². The van der Waals surface area contributed by atoms with Crippen LogP contribution in [-0.4, -0.2) is 29.0 Å². The molecule has 130 valence electrons. The molecule has 2 heterocycles. The number of nitrogens with zero attached hydrogens (tertiary/aromatic N) is 1. The van der Waals surface area contributed by atoms with E-state index in [0.717, 1.165) is 24.2 Å².